The van der Waals surface area contributed by atoms with Crippen molar-refractivity contribution in [2.45, 2.75) is 33.4 Å². The molecular weight excluding hydrogens is 364 g/mol. The maximum atomic E-state index is 6.10. The van der Waals surface area contributed by atoms with Gasteiger partial charge in [0.15, 0.2) is 11.8 Å². The van der Waals surface area contributed by atoms with Crippen LogP contribution < -0.4 is 5.32 Å². The van der Waals surface area contributed by atoms with E-state index in [1.807, 2.05) is 50.7 Å². The predicted molar refractivity (Wildman–Crippen MR) is 109 cm³/mol. The third kappa shape index (κ3) is 6.84. The molecule has 0 aliphatic heterocycles. The summed E-state index contributed by atoms with van der Waals surface area (Å²) in [4.78, 5) is 6.82. The molecule has 0 atom stereocenters. The normalized spacial score (nSPS) is 11.7. The van der Waals surface area contributed by atoms with Crippen LogP contribution in [0.2, 0.25) is 5.02 Å². The highest BCUT2D eigenvalue weighted by Gasteiger charge is 2.10. The van der Waals surface area contributed by atoms with Crippen LogP contribution in [0.25, 0.3) is 0 Å². The number of rotatable bonds is 9. The standard InChI is InChI=1S/C19H29ClN6O/c1-5-27-11-7-10-21-19(22-13-18-24-23-15(2)26(18)4)25(3)14-16-8-6-9-17(20)12-16/h6,8-9,12H,5,7,10-11,13-14H2,1-4H3,(H,21,22). The van der Waals surface area contributed by atoms with Crippen LogP contribution in [0.5, 0.6) is 0 Å². The van der Waals surface area contributed by atoms with Crippen molar-refractivity contribution in [2.24, 2.45) is 12.0 Å². The second-order valence-electron chi connectivity index (χ2n) is 6.33. The highest BCUT2D eigenvalue weighted by molar-refractivity contribution is 6.30. The van der Waals surface area contributed by atoms with Crippen molar-refractivity contribution in [3.63, 3.8) is 0 Å². The van der Waals surface area contributed by atoms with E-state index < -0.39 is 0 Å². The lowest BCUT2D eigenvalue weighted by molar-refractivity contribution is 0.145. The van der Waals surface area contributed by atoms with E-state index in [4.69, 9.17) is 21.3 Å². The van der Waals surface area contributed by atoms with E-state index in [-0.39, 0.29) is 0 Å². The average molecular weight is 393 g/mol. The van der Waals surface area contributed by atoms with Crippen LogP contribution >= 0.6 is 11.6 Å². The van der Waals surface area contributed by atoms with E-state index in [0.29, 0.717) is 13.1 Å². The van der Waals surface area contributed by atoms with Gasteiger partial charge in [0.25, 0.3) is 0 Å². The second kappa shape index (κ2) is 10.9. The lowest BCUT2D eigenvalue weighted by Crippen LogP contribution is -2.39. The summed E-state index contributed by atoms with van der Waals surface area (Å²) < 4.78 is 7.35. The van der Waals surface area contributed by atoms with Crippen molar-refractivity contribution in [3.8, 4) is 0 Å². The summed E-state index contributed by atoms with van der Waals surface area (Å²) in [6.07, 6.45) is 0.918. The van der Waals surface area contributed by atoms with Crippen molar-refractivity contribution in [1.82, 2.24) is 25.0 Å². The third-order valence-corrected chi connectivity index (χ3v) is 4.41. The fourth-order valence-corrected chi connectivity index (χ4v) is 2.76. The maximum absolute atomic E-state index is 6.10. The van der Waals surface area contributed by atoms with Gasteiger partial charge < -0.3 is 19.5 Å². The van der Waals surface area contributed by atoms with Gasteiger partial charge in [-0.15, -0.1) is 10.2 Å². The van der Waals surface area contributed by atoms with E-state index in [9.17, 15) is 0 Å². The molecule has 0 fully saturated rings. The predicted octanol–water partition coefficient (Wildman–Crippen LogP) is 2.78. The van der Waals surface area contributed by atoms with Gasteiger partial charge in [0.1, 0.15) is 12.4 Å². The minimum absolute atomic E-state index is 0.463. The van der Waals surface area contributed by atoms with Gasteiger partial charge in [-0.3, -0.25) is 0 Å². The quantitative estimate of drug-likeness (QED) is 0.403. The minimum Gasteiger partial charge on any atom is -0.382 e. The maximum Gasteiger partial charge on any atom is 0.194 e. The molecule has 2 aromatic rings. The molecule has 2 rings (SSSR count). The Morgan fingerprint density at radius 1 is 1.37 bits per heavy atom. The molecular formula is C19H29ClN6O. The molecule has 1 heterocycles. The molecule has 0 bridgehead atoms. The first kappa shape index (κ1) is 21.2. The molecule has 1 aromatic carbocycles. The number of nitrogens with zero attached hydrogens (tertiary/aromatic N) is 5. The van der Waals surface area contributed by atoms with Gasteiger partial charge >= 0.3 is 0 Å². The smallest absolute Gasteiger partial charge is 0.194 e. The lowest BCUT2D eigenvalue weighted by atomic mass is 10.2. The molecule has 0 spiro atoms. The van der Waals surface area contributed by atoms with Gasteiger partial charge in [-0.1, -0.05) is 23.7 Å². The molecule has 0 radical (unpaired) electrons. The van der Waals surface area contributed by atoms with E-state index in [1.165, 1.54) is 0 Å². The minimum atomic E-state index is 0.463. The topological polar surface area (TPSA) is 67.6 Å². The van der Waals surface area contributed by atoms with Crippen LogP contribution in [-0.4, -0.2) is 52.4 Å². The number of aryl methyl sites for hydroxylation is 1. The molecule has 0 saturated carbocycles. The summed E-state index contributed by atoms with van der Waals surface area (Å²) in [6.45, 7) is 7.36. The summed E-state index contributed by atoms with van der Waals surface area (Å²) in [5.41, 5.74) is 1.13. The fraction of sp³-hybridized carbons (Fsp3) is 0.526. The Kier molecular flexibility index (Phi) is 8.54. The van der Waals surface area contributed by atoms with E-state index in [1.54, 1.807) is 0 Å². The van der Waals surface area contributed by atoms with Crippen molar-refractivity contribution in [1.29, 1.82) is 0 Å². The van der Waals surface area contributed by atoms with E-state index in [2.05, 4.69) is 26.5 Å². The monoisotopic (exact) mass is 392 g/mol. The molecule has 0 amide bonds. The Morgan fingerprint density at radius 3 is 2.85 bits per heavy atom. The SMILES string of the molecule is CCOCCCNC(=NCc1nnc(C)n1C)N(C)Cc1cccc(Cl)c1. The zero-order valence-corrected chi connectivity index (χ0v) is 17.3. The molecule has 8 heteroatoms. The van der Waals surface area contributed by atoms with Crippen LogP contribution in [0.4, 0.5) is 0 Å². The van der Waals surface area contributed by atoms with Crippen molar-refractivity contribution in [2.75, 3.05) is 26.8 Å². The number of hydrogen-bond acceptors (Lipinski definition) is 4. The largest absolute Gasteiger partial charge is 0.382 e. The highest BCUT2D eigenvalue weighted by Crippen LogP contribution is 2.12. The Balaban J connectivity index is 2.05. The second-order valence-corrected chi connectivity index (χ2v) is 6.76. The Labute approximate surface area is 166 Å². The zero-order valence-electron chi connectivity index (χ0n) is 16.6. The Bertz CT molecular complexity index is 746. The third-order valence-electron chi connectivity index (χ3n) is 4.18. The molecule has 0 unspecified atom stereocenters. The number of halogens is 1. The summed E-state index contributed by atoms with van der Waals surface area (Å²) in [6, 6.07) is 7.86. The Morgan fingerprint density at radius 2 is 2.19 bits per heavy atom. The molecule has 0 aliphatic carbocycles. The number of benzene rings is 1. The van der Waals surface area contributed by atoms with Gasteiger partial charge in [-0.2, -0.15) is 0 Å². The Hall–Kier alpha value is -2.12. The van der Waals surface area contributed by atoms with Crippen LogP contribution in [0.3, 0.4) is 0 Å². The molecule has 27 heavy (non-hydrogen) atoms. The van der Waals surface area contributed by atoms with Crippen LogP contribution in [0.15, 0.2) is 29.3 Å². The van der Waals surface area contributed by atoms with Crippen molar-refractivity contribution >= 4 is 17.6 Å². The summed E-state index contributed by atoms with van der Waals surface area (Å²) in [7, 11) is 3.96. The van der Waals surface area contributed by atoms with Crippen molar-refractivity contribution < 1.29 is 4.74 Å². The zero-order chi connectivity index (χ0) is 19.6. The lowest BCUT2D eigenvalue weighted by Gasteiger charge is -2.23. The van der Waals surface area contributed by atoms with Gasteiger partial charge in [0.2, 0.25) is 0 Å². The summed E-state index contributed by atoms with van der Waals surface area (Å²) in [5.74, 6) is 2.52. The number of hydrogen-bond donors (Lipinski definition) is 1. The number of aliphatic imine (C=N–C) groups is 1. The first-order valence-electron chi connectivity index (χ1n) is 9.17. The number of aromatic nitrogens is 3. The molecule has 1 N–H and O–H groups in total. The average Bonchev–Trinajstić information content (AvgIpc) is 2.96. The van der Waals surface area contributed by atoms with Crippen LogP contribution in [0, 0.1) is 6.92 Å². The highest BCUT2D eigenvalue weighted by atomic mass is 35.5. The molecule has 0 saturated heterocycles. The number of ether oxygens (including phenoxy) is 1. The van der Waals surface area contributed by atoms with Gasteiger partial charge in [0, 0.05) is 45.4 Å². The van der Waals surface area contributed by atoms with Crippen molar-refractivity contribution in [3.05, 3.63) is 46.5 Å². The van der Waals surface area contributed by atoms with Gasteiger partial charge in [0.05, 0.1) is 0 Å². The number of guanidine groups is 1. The van der Waals surface area contributed by atoms with E-state index in [0.717, 1.165) is 54.4 Å². The summed E-state index contributed by atoms with van der Waals surface area (Å²) >= 11 is 6.10. The van der Waals surface area contributed by atoms with Crippen LogP contribution in [0.1, 0.15) is 30.6 Å². The van der Waals surface area contributed by atoms with Gasteiger partial charge in [-0.05, 0) is 38.0 Å². The van der Waals surface area contributed by atoms with Gasteiger partial charge in [-0.25, -0.2) is 4.99 Å². The summed E-state index contributed by atoms with van der Waals surface area (Å²) in [5, 5.41) is 12.4. The van der Waals surface area contributed by atoms with Crippen LogP contribution in [-0.2, 0) is 24.9 Å². The molecule has 0 aliphatic rings. The number of nitrogens with one attached hydrogen (secondary N) is 1. The fourth-order valence-electron chi connectivity index (χ4n) is 2.55. The first-order valence-corrected chi connectivity index (χ1v) is 9.55. The molecule has 7 nitrogen and oxygen atoms in total. The molecule has 148 valence electrons. The molecule has 1 aromatic heterocycles. The van der Waals surface area contributed by atoms with E-state index >= 15 is 0 Å². The first-order chi connectivity index (χ1) is 13.0.